The number of hydrogen-bond acceptors (Lipinski definition) is 2. The van der Waals surface area contributed by atoms with Gasteiger partial charge < -0.3 is 18.5 Å². The van der Waals surface area contributed by atoms with Crippen LogP contribution < -0.4 is 4.90 Å². The van der Waals surface area contributed by atoms with E-state index in [2.05, 4.69) is 142 Å². The summed E-state index contributed by atoms with van der Waals surface area (Å²) in [6.45, 7) is 0.759. The Labute approximate surface area is 230 Å². The number of fused-ring (bicyclic) bond motifs is 9. The van der Waals surface area contributed by atoms with Gasteiger partial charge in [-0.15, -0.1) is 0 Å². The molecule has 0 aliphatic carbocycles. The van der Waals surface area contributed by atoms with Crippen molar-refractivity contribution in [2.24, 2.45) is 0 Å². The zero-order valence-corrected chi connectivity index (χ0v) is 22.0. The minimum atomic E-state index is 0.759. The summed E-state index contributed by atoms with van der Waals surface area (Å²) in [6.07, 6.45) is 2.33. The van der Waals surface area contributed by atoms with Gasteiger partial charge in [-0.05, 0) is 48.5 Å². The molecular formula is C36H25N3O. The lowest BCUT2D eigenvalue weighted by atomic mass is 10.1. The van der Waals surface area contributed by atoms with E-state index in [0.717, 1.165) is 34.6 Å². The summed E-state index contributed by atoms with van der Waals surface area (Å²) in [5.41, 5.74) is 9.27. The predicted molar refractivity (Wildman–Crippen MR) is 167 cm³/mol. The average molecular weight is 516 g/mol. The molecule has 0 saturated heterocycles. The fraction of sp³-hybridized carbons (Fsp3) is 0.0556. The second-order valence-electron chi connectivity index (χ2n) is 10.7. The zero-order valence-electron chi connectivity index (χ0n) is 22.0. The third-order valence-electron chi connectivity index (χ3n) is 8.45. The summed E-state index contributed by atoms with van der Waals surface area (Å²) < 4.78 is 11.2. The van der Waals surface area contributed by atoms with Crippen LogP contribution in [0.25, 0.3) is 72.0 Å². The third-order valence-corrected chi connectivity index (χ3v) is 8.45. The number of aromatic nitrogens is 2. The molecular weight excluding hydrogens is 490 g/mol. The lowest BCUT2D eigenvalue weighted by molar-refractivity contribution is 0.602. The van der Waals surface area contributed by atoms with E-state index in [9.17, 15) is 0 Å². The van der Waals surface area contributed by atoms with Crippen molar-refractivity contribution < 1.29 is 4.42 Å². The van der Waals surface area contributed by atoms with Gasteiger partial charge in [0.1, 0.15) is 5.58 Å². The zero-order chi connectivity index (χ0) is 26.4. The number of nitrogens with zero attached hydrogens (tertiary/aromatic N) is 3. The van der Waals surface area contributed by atoms with Gasteiger partial charge >= 0.3 is 0 Å². The molecule has 0 radical (unpaired) electrons. The maximum atomic E-state index is 6.45. The van der Waals surface area contributed by atoms with Crippen molar-refractivity contribution in [1.82, 2.24) is 9.13 Å². The van der Waals surface area contributed by atoms with E-state index in [1.54, 1.807) is 0 Å². The van der Waals surface area contributed by atoms with Crippen molar-refractivity contribution in [2.45, 2.75) is 0 Å². The lowest BCUT2D eigenvalue weighted by Gasteiger charge is -2.25. The van der Waals surface area contributed by atoms with E-state index in [1.807, 2.05) is 0 Å². The smallest absolute Gasteiger partial charge is 0.204 e. The van der Waals surface area contributed by atoms with Gasteiger partial charge in [0.2, 0.25) is 5.88 Å². The third kappa shape index (κ3) is 2.85. The van der Waals surface area contributed by atoms with E-state index >= 15 is 0 Å². The van der Waals surface area contributed by atoms with E-state index in [4.69, 9.17) is 4.42 Å². The highest BCUT2D eigenvalue weighted by Crippen LogP contribution is 2.42. The Kier molecular flexibility index (Phi) is 4.28. The van der Waals surface area contributed by atoms with Crippen LogP contribution in [-0.2, 0) is 0 Å². The maximum Gasteiger partial charge on any atom is 0.204 e. The molecule has 4 heteroatoms. The molecule has 8 aromatic rings. The summed E-state index contributed by atoms with van der Waals surface area (Å²) in [4.78, 5) is 2.23. The molecule has 1 aliphatic heterocycles. The minimum Gasteiger partial charge on any atom is -0.440 e. The van der Waals surface area contributed by atoms with Crippen molar-refractivity contribution in [1.29, 1.82) is 0 Å². The first kappa shape index (κ1) is 21.7. The quantitative estimate of drug-likeness (QED) is 0.229. The Balaban J connectivity index is 1.30. The number of para-hydroxylation sites is 4. The summed E-state index contributed by atoms with van der Waals surface area (Å²) in [5, 5.41) is 6.21. The molecule has 0 fully saturated rings. The van der Waals surface area contributed by atoms with Crippen molar-refractivity contribution >= 4 is 72.2 Å². The first-order chi connectivity index (χ1) is 19.8. The van der Waals surface area contributed by atoms with Gasteiger partial charge in [-0.25, -0.2) is 0 Å². The standard InChI is InChI=1S/C36H25N3O/c1-37-22-24(39-33-16-8-4-12-27(33)28-13-5-9-17-34(28)39)21-30-29-20-23(18-19-35(29)40-36(30)37)38-31-14-6-2-10-25(31)26-11-3-7-15-32(26)38/h2-21H,22H2,1H3. The van der Waals surface area contributed by atoms with E-state index < -0.39 is 0 Å². The summed E-state index contributed by atoms with van der Waals surface area (Å²) in [6, 6.07) is 41.3. The van der Waals surface area contributed by atoms with Crippen LogP contribution in [0.1, 0.15) is 5.56 Å². The number of benzene rings is 5. The first-order valence-electron chi connectivity index (χ1n) is 13.7. The topological polar surface area (TPSA) is 26.2 Å². The van der Waals surface area contributed by atoms with Gasteiger partial charge in [0.25, 0.3) is 0 Å². The van der Waals surface area contributed by atoms with Crippen LogP contribution in [0.5, 0.6) is 0 Å². The molecule has 1 aliphatic rings. The first-order valence-corrected chi connectivity index (χ1v) is 13.7. The molecule has 0 N–H and O–H groups in total. The molecule has 5 aromatic carbocycles. The Morgan fingerprint density at radius 2 is 1.05 bits per heavy atom. The van der Waals surface area contributed by atoms with Crippen molar-refractivity contribution in [3.8, 4) is 5.69 Å². The highest BCUT2D eigenvalue weighted by Gasteiger charge is 2.25. The molecule has 190 valence electrons. The minimum absolute atomic E-state index is 0.759. The Morgan fingerprint density at radius 3 is 1.60 bits per heavy atom. The molecule has 0 amide bonds. The van der Waals surface area contributed by atoms with Crippen molar-refractivity contribution in [2.75, 3.05) is 18.5 Å². The summed E-state index contributed by atoms with van der Waals surface area (Å²) in [7, 11) is 2.12. The van der Waals surface area contributed by atoms with Crippen LogP contribution in [0.3, 0.4) is 0 Å². The number of hydrogen-bond donors (Lipinski definition) is 0. The van der Waals surface area contributed by atoms with Crippen LogP contribution in [0.4, 0.5) is 5.88 Å². The van der Waals surface area contributed by atoms with Gasteiger partial charge in [0, 0.05) is 50.9 Å². The molecule has 4 heterocycles. The predicted octanol–water partition coefficient (Wildman–Crippen LogP) is 9.09. The second-order valence-corrected chi connectivity index (χ2v) is 10.7. The fourth-order valence-corrected chi connectivity index (χ4v) is 6.75. The largest absolute Gasteiger partial charge is 0.440 e. The molecule has 0 atom stereocenters. The Bertz CT molecular complexity index is 2220. The van der Waals surface area contributed by atoms with Crippen LogP contribution in [-0.4, -0.2) is 22.7 Å². The van der Waals surface area contributed by atoms with Gasteiger partial charge in [-0.2, -0.15) is 0 Å². The van der Waals surface area contributed by atoms with E-state index in [0.29, 0.717) is 0 Å². The molecule has 9 rings (SSSR count). The van der Waals surface area contributed by atoms with Crippen LogP contribution in [0, 0.1) is 0 Å². The van der Waals surface area contributed by atoms with Crippen molar-refractivity contribution in [3.05, 3.63) is 121 Å². The molecule has 3 aromatic heterocycles. The normalized spacial score (nSPS) is 13.6. The average Bonchev–Trinajstić information content (AvgIpc) is 3.65. The molecule has 0 spiro atoms. The molecule has 0 bridgehead atoms. The monoisotopic (exact) mass is 515 g/mol. The Hall–Kier alpha value is -5.22. The van der Waals surface area contributed by atoms with Gasteiger partial charge in [0.05, 0.1) is 28.6 Å². The lowest BCUT2D eigenvalue weighted by Crippen LogP contribution is -2.24. The SMILES string of the molecule is CN1CC(n2c3ccccc3c3ccccc32)=Cc2c1oc1ccc(-n3c4ccccc4c4ccccc43)cc21. The van der Waals surface area contributed by atoms with Crippen LogP contribution in [0.2, 0.25) is 0 Å². The van der Waals surface area contributed by atoms with Gasteiger partial charge in [0.15, 0.2) is 0 Å². The van der Waals surface area contributed by atoms with E-state index in [1.165, 1.54) is 49.3 Å². The number of rotatable bonds is 2. The summed E-state index contributed by atoms with van der Waals surface area (Å²) in [5.74, 6) is 0.916. The molecule has 4 nitrogen and oxygen atoms in total. The maximum absolute atomic E-state index is 6.45. The molecule has 0 saturated carbocycles. The van der Waals surface area contributed by atoms with Gasteiger partial charge in [-0.3, -0.25) is 0 Å². The van der Waals surface area contributed by atoms with Crippen LogP contribution >= 0.6 is 0 Å². The Morgan fingerprint density at radius 1 is 0.550 bits per heavy atom. The van der Waals surface area contributed by atoms with Gasteiger partial charge in [-0.1, -0.05) is 72.8 Å². The highest BCUT2D eigenvalue weighted by molar-refractivity contribution is 6.12. The summed E-state index contributed by atoms with van der Waals surface area (Å²) >= 11 is 0. The molecule has 40 heavy (non-hydrogen) atoms. The van der Waals surface area contributed by atoms with Crippen molar-refractivity contribution in [3.63, 3.8) is 0 Å². The number of furan rings is 1. The van der Waals surface area contributed by atoms with E-state index in [-0.39, 0.29) is 0 Å². The number of likely N-dealkylation sites (N-methyl/N-ethyl adjacent to an activating group) is 1. The van der Waals surface area contributed by atoms with Crippen LogP contribution in [0.15, 0.2) is 120 Å². The fourth-order valence-electron chi connectivity index (χ4n) is 6.75. The molecule has 0 unspecified atom stereocenters. The second kappa shape index (κ2) is 7.90. The number of anilines is 1. The highest BCUT2D eigenvalue weighted by atomic mass is 16.4.